The van der Waals surface area contributed by atoms with Gasteiger partial charge >= 0.3 is 0 Å². The van der Waals surface area contributed by atoms with E-state index in [1.54, 1.807) is 24.5 Å². The molecule has 2 N–H and O–H groups in total. The summed E-state index contributed by atoms with van der Waals surface area (Å²) in [4.78, 5) is 18.7. The van der Waals surface area contributed by atoms with Crippen molar-refractivity contribution < 1.29 is 4.79 Å². The number of carbonyl (C=O) groups excluding carboxylic acids is 1. The Morgan fingerprint density at radius 3 is 2.96 bits per heavy atom. The predicted molar refractivity (Wildman–Crippen MR) is 90.8 cm³/mol. The lowest BCUT2D eigenvalue weighted by atomic mass is 10.1. The molecule has 0 saturated heterocycles. The second-order valence-electron chi connectivity index (χ2n) is 5.30. The molecule has 2 aromatic heterocycles. The van der Waals surface area contributed by atoms with Crippen LogP contribution in [0.25, 0.3) is 10.9 Å². The summed E-state index contributed by atoms with van der Waals surface area (Å²) in [5, 5.41) is 10.7. The highest BCUT2D eigenvalue weighted by Gasteiger charge is 2.15. The average Bonchev–Trinajstić information content (AvgIpc) is 3.02. The molecule has 1 amide bonds. The molecule has 0 spiro atoms. The van der Waals surface area contributed by atoms with Gasteiger partial charge in [-0.05, 0) is 24.3 Å². The second kappa shape index (κ2) is 6.26. The molecule has 0 atom stereocenters. The molecular formula is C16H16ClN5O. The summed E-state index contributed by atoms with van der Waals surface area (Å²) in [5.74, 6) is -0.242. The molecule has 0 radical (unpaired) electrons. The number of hydrogen-bond donors (Lipinski definition) is 2. The van der Waals surface area contributed by atoms with Crippen LogP contribution in [0.15, 0.2) is 36.7 Å². The number of carbonyl (C=O) groups is 1. The lowest BCUT2D eigenvalue weighted by Gasteiger charge is -2.16. The first-order valence-electron chi connectivity index (χ1n) is 7.09. The monoisotopic (exact) mass is 329 g/mol. The topological polar surface area (TPSA) is 73.9 Å². The van der Waals surface area contributed by atoms with E-state index in [0.717, 1.165) is 22.3 Å². The Kier molecular flexibility index (Phi) is 4.16. The van der Waals surface area contributed by atoms with E-state index in [0.29, 0.717) is 17.1 Å². The summed E-state index contributed by atoms with van der Waals surface area (Å²) in [6, 6.07) is 7.29. The van der Waals surface area contributed by atoms with Crippen molar-refractivity contribution in [2.45, 2.75) is 6.54 Å². The van der Waals surface area contributed by atoms with Crippen molar-refractivity contribution in [2.75, 3.05) is 19.0 Å². The van der Waals surface area contributed by atoms with E-state index < -0.39 is 0 Å². The van der Waals surface area contributed by atoms with Gasteiger partial charge in [-0.15, -0.1) is 0 Å². The maximum atomic E-state index is 12.4. The van der Waals surface area contributed by atoms with Crippen LogP contribution in [0.1, 0.15) is 16.1 Å². The molecule has 0 saturated carbocycles. The van der Waals surface area contributed by atoms with Crippen LogP contribution in [0, 0.1) is 0 Å². The number of aromatic amines is 1. The zero-order valence-electron chi connectivity index (χ0n) is 12.8. The van der Waals surface area contributed by atoms with Gasteiger partial charge in [-0.25, -0.2) is 0 Å². The molecule has 0 fully saturated rings. The first-order valence-corrected chi connectivity index (χ1v) is 7.46. The maximum Gasteiger partial charge on any atom is 0.253 e. The van der Waals surface area contributed by atoms with Crippen molar-refractivity contribution >= 4 is 34.1 Å². The van der Waals surface area contributed by atoms with Crippen LogP contribution in [0.2, 0.25) is 5.02 Å². The van der Waals surface area contributed by atoms with E-state index >= 15 is 0 Å². The van der Waals surface area contributed by atoms with Gasteiger partial charge in [0.15, 0.2) is 0 Å². The molecule has 23 heavy (non-hydrogen) atoms. The summed E-state index contributed by atoms with van der Waals surface area (Å²) >= 11 is 6.30. The molecule has 0 aliphatic heterocycles. The third kappa shape index (κ3) is 2.98. The van der Waals surface area contributed by atoms with Crippen LogP contribution in [0.4, 0.5) is 5.69 Å². The third-order valence-electron chi connectivity index (χ3n) is 3.57. The Balaban J connectivity index is 1.80. The smallest absolute Gasteiger partial charge is 0.253 e. The van der Waals surface area contributed by atoms with E-state index in [1.165, 1.54) is 0 Å². The molecule has 1 aromatic carbocycles. The molecule has 0 aliphatic carbocycles. The zero-order chi connectivity index (χ0) is 16.4. The van der Waals surface area contributed by atoms with Gasteiger partial charge in [-0.3, -0.25) is 14.9 Å². The second-order valence-corrected chi connectivity index (χ2v) is 5.68. The minimum Gasteiger partial charge on any atom is -0.376 e. The molecule has 2 heterocycles. The van der Waals surface area contributed by atoms with E-state index in [-0.39, 0.29) is 5.91 Å². The first kappa shape index (κ1) is 15.3. The van der Waals surface area contributed by atoms with Crippen LogP contribution in [-0.4, -0.2) is 35.2 Å². The first-order chi connectivity index (χ1) is 11.1. The molecule has 3 aromatic rings. The number of pyridine rings is 1. The Morgan fingerprint density at radius 2 is 2.17 bits per heavy atom. The van der Waals surface area contributed by atoms with Gasteiger partial charge < -0.3 is 10.2 Å². The van der Waals surface area contributed by atoms with E-state index in [2.05, 4.69) is 20.5 Å². The minimum atomic E-state index is -0.242. The number of H-pyrrole nitrogens is 1. The van der Waals surface area contributed by atoms with Gasteiger partial charge in [0.25, 0.3) is 5.91 Å². The quantitative estimate of drug-likeness (QED) is 0.771. The number of nitrogens with one attached hydrogen (secondary N) is 2. The molecule has 0 aliphatic rings. The average molecular weight is 330 g/mol. The van der Waals surface area contributed by atoms with E-state index in [9.17, 15) is 4.79 Å². The summed E-state index contributed by atoms with van der Waals surface area (Å²) in [6.45, 7) is 0.326. The Morgan fingerprint density at radius 1 is 1.35 bits per heavy atom. The number of rotatable bonds is 4. The van der Waals surface area contributed by atoms with Crippen molar-refractivity contribution in [3.8, 4) is 0 Å². The van der Waals surface area contributed by atoms with Crippen LogP contribution < -0.4 is 10.2 Å². The summed E-state index contributed by atoms with van der Waals surface area (Å²) in [6.07, 6.45) is 3.32. The van der Waals surface area contributed by atoms with E-state index in [4.69, 9.17) is 11.6 Å². The Bertz CT molecular complexity index is 859. The Hall–Kier alpha value is -2.60. The molecule has 3 rings (SSSR count). The number of amides is 1. The normalized spacial score (nSPS) is 10.7. The van der Waals surface area contributed by atoms with Gasteiger partial charge in [0.05, 0.1) is 40.2 Å². The fourth-order valence-corrected chi connectivity index (χ4v) is 2.69. The van der Waals surface area contributed by atoms with Crippen molar-refractivity contribution in [1.29, 1.82) is 0 Å². The van der Waals surface area contributed by atoms with E-state index in [1.807, 2.05) is 31.1 Å². The fourth-order valence-electron chi connectivity index (χ4n) is 2.39. The number of benzene rings is 1. The predicted octanol–water partition coefficient (Wildman–Crippen LogP) is 2.61. The molecule has 6 nitrogen and oxygen atoms in total. The highest BCUT2D eigenvalue weighted by Crippen LogP contribution is 2.26. The number of hydrogen-bond acceptors (Lipinski definition) is 4. The third-order valence-corrected chi connectivity index (χ3v) is 3.97. The number of aromatic nitrogens is 3. The lowest BCUT2D eigenvalue weighted by molar-refractivity contribution is 0.0951. The SMILES string of the molecule is CN(C)c1cccnc1CNC(=O)c1ccc2[nH]ncc2c1Cl. The van der Waals surface area contributed by atoms with Crippen molar-refractivity contribution in [1.82, 2.24) is 20.5 Å². The van der Waals surface area contributed by atoms with Gasteiger partial charge in [0, 0.05) is 25.7 Å². The van der Waals surface area contributed by atoms with Gasteiger partial charge in [0.1, 0.15) is 0 Å². The number of halogens is 1. The van der Waals surface area contributed by atoms with Gasteiger partial charge in [-0.2, -0.15) is 5.10 Å². The summed E-state index contributed by atoms with van der Waals surface area (Å²) in [5.41, 5.74) is 2.98. The number of nitrogens with zero attached hydrogens (tertiary/aromatic N) is 3. The number of anilines is 1. The zero-order valence-corrected chi connectivity index (χ0v) is 13.6. The molecule has 0 bridgehead atoms. The summed E-state index contributed by atoms with van der Waals surface area (Å²) < 4.78 is 0. The number of fused-ring (bicyclic) bond motifs is 1. The molecule has 118 valence electrons. The van der Waals surface area contributed by atoms with Crippen molar-refractivity contribution in [3.05, 3.63) is 52.9 Å². The summed E-state index contributed by atoms with van der Waals surface area (Å²) in [7, 11) is 3.87. The lowest BCUT2D eigenvalue weighted by Crippen LogP contribution is -2.25. The minimum absolute atomic E-state index is 0.242. The fraction of sp³-hybridized carbons (Fsp3) is 0.188. The van der Waals surface area contributed by atoms with Crippen LogP contribution in [-0.2, 0) is 6.54 Å². The van der Waals surface area contributed by atoms with Crippen LogP contribution in [0.5, 0.6) is 0 Å². The van der Waals surface area contributed by atoms with Crippen molar-refractivity contribution in [3.63, 3.8) is 0 Å². The van der Waals surface area contributed by atoms with Gasteiger partial charge in [0.2, 0.25) is 0 Å². The maximum absolute atomic E-state index is 12.4. The van der Waals surface area contributed by atoms with Crippen LogP contribution in [0.3, 0.4) is 0 Å². The molecule has 0 unspecified atom stereocenters. The van der Waals surface area contributed by atoms with Crippen molar-refractivity contribution in [2.24, 2.45) is 0 Å². The highest BCUT2D eigenvalue weighted by atomic mass is 35.5. The molecule has 7 heteroatoms. The standard InChI is InChI=1S/C16H16ClN5O/c1-22(2)14-4-3-7-18-13(14)9-19-16(23)10-5-6-12-11(15(10)17)8-20-21-12/h3-8H,9H2,1-2H3,(H,19,23)(H,20,21). The van der Waals surface area contributed by atoms with Crippen LogP contribution >= 0.6 is 11.6 Å². The highest BCUT2D eigenvalue weighted by molar-refractivity contribution is 6.38. The molecular weight excluding hydrogens is 314 g/mol. The largest absolute Gasteiger partial charge is 0.376 e. The Labute approximate surface area is 138 Å². The van der Waals surface area contributed by atoms with Gasteiger partial charge in [-0.1, -0.05) is 11.6 Å².